The number of thioether (sulfide) groups is 1. The summed E-state index contributed by atoms with van der Waals surface area (Å²) >= 11 is 7.22. The summed E-state index contributed by atoms with van der Waals surface area (Å²) in [6, 6.07) is 2.49. The molecule has 1 aromatic rings. The van der Waals surface area contributed by atoms with Crippen molar-refractivity contribution >= 4 is 46.0 Å². The van der Waals surface area contributed by atoms with Gasteiger partial charge in [0, 0.05) is 24.2 Å². The lowest BCUT2D eigenvalue weighted by Crippen LogP contribution is -2.39. The van der Waals surface area contributed by atoms with Crippen molar-refractivity contribution in [2.75, 3.05) is 4.90 Å². The lowest BCUT2D eigenvalue weighted by Gasteiger charge is -2.26. The monoisotopic (exact) mass is 513 g/mol. The van der Waals surface area contributed by atoms with Crippen LogP contribution < -0.4 is 4.90 Å². The second-order valence-corrected chi connectivity index (χ2v) is 10.5. The quantitative estimate of drug-likeness (QED) is 0.234. The molecule has 1 aromatic carbocycles. The van der Waals surface area contributed by atoms with Crippen LogP contribution in [0.5, 0.6) is 0 Å². The Bertz CT molecular complexity index is 794. The predicted octanol–water partition coefficient (Wildman–Crippen LogP) is 8.44. The first-order valence-corrected chi connectivity index (χ1v) is 13.9. The molecule has 0 aliphatic heterocycles. The minimum Gasteiger partial charge on any atom is -0.287 e. The Balaban J connectivity index is 3.38. The van der Waals surface area contributed by atoms with Crippen LogP contribution in [0.2, 0.25) is 5.02 Å². The first kappa shape index (κ1) is 30.6. The highest BCUT2D eigenvalue weighted by Crippen LogP contribution is 2.36. The minimum atomic E-state index is -0.738. The van der Waals surface area contributed by atoms with Gasteiger partial charge in [-0.3, -0.25) is 14.4 Å². The van der Waals surface area contributed by atoms with Crippen LogP contribution in [0.25, 0.3) is 0 Å². The third-order valence-electron chi connectivity index (χ3n) is 6.81. The van der Waals surface area contributed by atoms with Crippen molar-refractivity contribution in [3.05, 3.63) is 23.0 Å². The number of amides is 2. The smallest absolute Gasteiger partial charge is 0.234 e. The summed E-state index contributed by atoms with van der Waals surface area (Å²) in [5.74, 6) is -1.06. The van der Waals surface area contributed by atoms with Crippen molar-refractivity contribution in [3.63, 3.8) is 0 Å². The maximum Gasteiger partial charge on any atom is 0.234 e. The minimum absolute atomic E-state index is 0.0635. The van der Waals surface area contributed by atoms with Crippen molar-refractivity contribution in [3.8, 4) is 0 Å². The zero-order valence-corrected chi connectivity index (χ0v) is 23.2. The van der Waals surface area contributed by atoms with E-state index in [1.54, 1.807) is 0 Å². The molecule has 0 heterocycles. The number of imide groups is 1. The molecule has 0 radical (unpaired) electrons. The Kier molecular flexibility index (Phi) is 14.0. The highest BCUT2D eigenvalue weighted by atomic mass is 35.5. The second kappa shape index (κ2) is 15.6. The summed E-state index contributed by atoms with van der Waals surface area (Å²) in [6.45, 7) is 12.1. The van der Waals surface area contributed by atoms with E-state index in [2.05, 4.69) is 0 Å². The van der Waals surface area contributed by atoms with Gasteiger partial charge in [-0.15, -0.1) is 0 Å². The number of carbonyl (C=O) groups is 3. The van der Waals surface area contributed by atoms with Crippen molar-refractivity contribution in [2.45, 2.75) is 104 Å². The molecular weight excluding hydrogens is 473 g/mol. The van der Waals surface area contributed by atoms with Crippen LogP contribution in [0.3, 0.4) is 0 Å². The molecule has 1 rings (SSSR count). The first-order chi connectivity index (χ1) is 16.1. The van der Waals surface area contributed by atoms with Crippen molar-refractivity contribution in [1.29, 1.82) is 0 Å². The fourth-order valence-corrected chi connectivity index (χ4v) is 5.14. The normalized spacial score (nSPS) is 11.5. The third kappa shape index (κ3) is 8.99. The molecule has 4 nitrogen and oxygen atoms in total. The first-order valence-electron chi connectivity index (χ1n) is 12.7. The van der Waals surface area contributed by atoms with Gasteiger partial charge >= 0.3 is 0 Å². The van der Waals surface area contributed by atoms with E-state index in [4.69, 9.17) is 11.6 Å². The van der Waals surface area contributed by atoms with Gasteiger partial charge in [0.15, 0.2) is 5.12 Å². The number of hydrogen-bond donors (Lipinski definition) is 0. The largest absolute Gasteiger partial charge is 0.287 e. The number of carbonyl (C=O) groups excluding carboxylic acids is 3. The molecule has 0 unspecified atom stereocenters. The number of nitrogens with zero attached hydrogens (tertiary/aromatic N) is 1. The fourth-order valence-electron chi connectivity index (χ4n) is 3.98. The number of halogens is 2. The molecule has 0 bridgehead atoms. The summed E-state index contributed by atoms with van der Waals surface area (Å²) in [5.41, 5.74) is -0.117. The molecule has 0 saturated carbocycles. The number of rotatable bonds is 14. The maximum absolute atomic E-state index is 15.1. The van der Waals surface area contributed by atoms with Gasteiger partial charge in [-0.1, -0.05) is 103 Å². The molecule has 0 aliphatic rings. The molecular formula is C27H41ClFNO3S. The van der Waals surface area contributed by atoms with Gasteiger partial charge in [0.05, 0.1) is 10.7 Å². The summed E-state index contributed by atoms with van der Waals surface area (Å²) in [4.78, 5) is 40.6. The van der Waals surface area contributed by atoms with E-state index >= 15 is 4.39 Å². The van der Waals surface area contributed by atoms with E-state index < -0.39 is 17.6 Å². The third-order valence-corrected chi connectivity index (χ3v) is 8.19. The van der Waals surface area contributed by atoms with Gasteiger partial charge in [0.25, 0.3) is 0 Å². The summed E-state index contributed by atoms with van der Waals surface area (Å²) in [6.07, 6.45) is 5.71. The van der Waals surface area contributed by atoms with Gasteiger partial charge in [0.1, 0.15) is 5.82 Å². The van der Waals surface area contributed by atoms with Crippen LogP contribution in [-0.4, -0.2) is 16.9 Å². The molecule has 0 N–H and O–H groups in total. The van der Waals surface area contributed by atoms with Crippen LogP contribution in [0, 0.1) is 23.6 Å². The number of hydrogen-bond acceptors (Lipinski definition) is 4. The molecule has 0 aliphatic carbocycles. The maximum atomic E-state index is 15.1. The van der Waals surface area contributed by atoms with Gasteiger partial charge in [-0.2, -0.15) is 0 Å². The molecule has 0 spiro atoms. The summed E-state index contributed by atoms with van der Waals surface area (Å²) < 4.78 is 15.1. The second-order valence-electron chi connectivity index (χ2n) is 8.99. The van der Waals surface area contributed by atoms with Gasteiger partial charge in [-0.05, 0) is 29.9 Å². The van der Waals surface area contributed by atoms with E-state index in [1.807, 2.05) is 41.5 Å². The number of anilines is 1. The Morgan fingerprint density at radius 1 is 0.794 bits per heavy atom. The Labute approximate surface area is 214 Å². The molecule has 0 saturated heterocycles. The van der Waals surface area contributed by atoms with Crippen molar-refractivity contribution < 1.29 is 18.8 Å². The van der Waals surface area contributed by atoms with Crippen LogP contribution >= 0.6 is 23.4 Å². The van der Waals surface area contributed by atoms with Crippen molar-refractivity contribution in [2.24, 2.45) is 17.8 Å². The molecule has 0 fully saturated rings. The molecule has 34 heavy (non-hydrogen) atoms. The molecule has 2 amide bonds. The highest BCUT2D eigenvalue weighted by Gasteiger charge is 2.30. The standard InChI is InChI=1S/C27H41ClFNO3S/c1-7-18(8-2)13-25(31)30(26(32)14-19(9-3)10-4)23-17-24(21(28)16-22(23)29)34-27(33)15-20(11-5)12-6/h16-20H,7-15H2,1-6H3. The Hall–Kier alpha value is -1.40. The van der Waals surface area contributed by atoms with Crippen LogP contribution in [0.15, 0.2) is 17.0 Å². The van der Waals surface area contributed by atoms with E-state index in [9.17, 15) is 14.4 Å². The van der Waals surface area contributed by atoms with Crippen molar-refractivity contribution in [1.82, 2.24) is 0 Å². The fraction of sp³-hybridized carbons (Fsp3) is 0.667. The lowest BCUT2D eigenvalue weighted by molar-refractivity contribution is -0.127. The summed E-state index contributed by atoms with van der Waals surface area (Å²) in [7, 11) is 0. The van der Waals surface area contributed by atoms with Gasteiger partial charge in [-0.25, -0.2) is 9.29 Å². The number of benzene rings is 1. The predicted molar refractivity (Wildman–Crippen MR) is 141 cm³/mol. The van der Waals surface area contributed by atoms with E-state index in [-0.39, 0.29) is 46.4 Å². The van der Waals surface area contributed by atoms with Crippen LogP contribution in [0.4, 0.5) is 10.1 Å². The molecule has 0 aromatic heterocycles. The molecule has 0 atom stereocenters. The zero-order valence-electron chi connectivity index (χ0n) is 21.6. The molecule has 7 heteroatoms. The topological polar surface area (TPSA) is 54.5 Å². The lowest BCUT2D eigenvalue weighted by atomic mass is 9.96. The van der Waals surface area contributed by atoms with E-state index in [1.165, 1.54) is 6.07 Å². The van der Waals surface area contributed by atoms with Gasteiger partial charge < -0.3 is 0 Å². The summed E-state index contributed by atoms with van der Waals surface area (Å²) in [5, 5.41) is 0.0374. The van der Waals surface area contributed by atoms with E-state index in [0.29, 0.717) is 11.3 Å². The van der Waals surface area contributed by atoms with E-state index in [0.717, 1.165) is 61.3 Å². The molecule has 192 valence electrons. The Morgan fingerprint density at radius 3 is 1.62 bits per heavy atom. The zero-order chi connectivity index (χ0) is 25.8. The highest BCUT2D eigenvalue weighted by molar-refractivity contribution is 8.13. The van der Waals surface area contributed by atoms with Gasteiger partial charge in [0.2, 0.25) is 11.8 Å². The average Bonchev–Trinajstić information content (AvgIpc) is 2.82. The Morgan fingerprint density at radius 2 is 1.21 bits per heavy atom. The van der Waals surface area contributed by atoms with Crippen LogP contribution in [0.1, 0.15) is 99.3 Å². The average molecular weight is 514 g/mol. The van der Waals surface area contributed by atoms with Crippen LogP contribution in [-0.2, 0) is 14.4 Å². The SMILES string of the molecule is CCC(CC)CC(=O)Sc1cc(N(C(=O)CC(CC)CC)C(=O)CC(CC)CC)c(F)cc1Cl.